The molecule has 0 aliphatic carbocycles. The molecule has 0 atom stereocenters. The van der Waals surface area contributed by atoms with Crippen molar-refractivity contribution in [2.75, 3.05) is 5.32 Å². The maximum absolute atomic E-state index is 12.5. The Balaban J connectivity index is 1.72. The van der Waals surface area contributed by atoms with Gasteiger partial charge in [0.2, 0.25) is 11.8 Å². The normalized spacial score (nSPS) is 10.3. The maximum atomic E-state index is 12.5. The van der Waals surface area contributed by atoms with Crippen molar-refractivity contribution in [1.29, 1.82) is 0 Å². The van der Waals surface area contributed by atoms with Crippen LogP contribution < -0.4 is 16.2 Å². The average molecular weight is 367 g/mol. The average Bonchev–Trinajstić information content (AvgIpc) is 3.08. The summed E-state index contributed by atoms with van der Waals surface area (Å²) in [7, 11) is 0. The van der Waals surface area contributed by atoms with Crippen LogP contribution >= 0.6 is 11.3 Å². The molecule has 132 valence electrons. The summed E-state index contributed by atoms with van der Waals surface area (Å²) in [5.41, 5.74) is 5.86. The van der Waals surface area contributed by atoms with E-state index in [0.717, 1.165) is 16.3 Å². The lowest BCUT2D eigenvalue weighted by Crippen LogP contribution is -2.40. The van der Waals surface area contributed by atoms with Crippen molar-refractivity contribution < 1.29 is 14.4 Å². The van der Waals surface area contributed by atoms with E-state index in [-0.39, 0.29) is 18.2 Å². The fourth-order valence-electron chi connectivity index (χ4n) is 2.60. The molecule has 0 unspecified atom stereocenters. The molecule has 3 aromatic rings. The highest BCUT2D eigenvalue weighted by atomic mass is 32.1. The maximum Gasteiger partial charge on any atom is 0.281 e. The van der Waals surface area contributed by atoms with Crippen molar-refractivity contribution in [1.82, 2.24) is 10.9 Å². The minimum atomic E-state index is -0.476. The van der Waals surface area contributed by atoms with Gasteiger partial charge in [-0.15, -0.1) is 11.3 Å². The van der Waals surface area contributed by atoms with Gasteiger partial charge in [0.25, 0.3) is 5.91 Å². The molecule has 6 nitrogen and oxygen atoms in total. The van der Waals surface area contributed by atoms with Crippen molar-refractivity contribution in [3.05, 3.63) is 64.4 Å². The molecule has 0 aliphatic rings. The van der Waals surface area contributed by atoms with Gasteiger partial charge in [0.05, 0.1) is 12.1 Å². The monoisotopic (exact) mass is 367 g/mol. The van der Waals surface area contributed by atoms with Crippen molar-refractivity contribution in [2.45, 2.75) is 13.3 Å². The Hall–Kier alpha value is -3.19. The second-order valence-corrected chi connectivity index (χ2v) is 6.58. The van der Waals surface area contributed by atoms with Crippen LogP contribution in [0.3, 0.4) is 0 Å². The lowest BCUT2D eigenvalue weighted by Gasteiger charge is -2.09. The molecule has 0 aliphatic heterocycles. The molecule has 0 fully saturated rings. The number of rotatable bonds is 4. The molecular formula is C19H17N3O3S. The predicted molar refractivity (Wildman–Crippen MR) is 102 cm³/mol. The van der Waals surface area contributed by atoms with Gasteiger partial charge >= 0.3 is 0 Å². The van der Waals surface area contributed by atoms with Crippen molar-refractivity contribution in [2.24, 2.45) is 0 Å². The van der Waals surface area contributed by atoms with Gasteiger partial charge < -0.3 is 5.32 Å². The van der Waals surface area contributed by atoms with Crippen LogP contribution in [0.2, 0.25) is 0 Å². The number of amides is 3. The SMILES string of the molecule is CC(=O)NNC(=O)c1sccc1NC(=O)Cc1cccc2ccccc12. The molecule has 0 bridgehead atoms. The topological polar surface area (TPSA) is 87.3 Å². The number of fused-ring (bicyclic) bond motifs is 1. The molecule has 1 heterocycles. The van der Waals surface area contributed by atoms with Gasteiger partial charge in [-0.3, -0.25) is 25.2 Å². The summed E-state index contributed by atoms with van der Waals surface area (Å²) in [5, 5.41) is 6.57. The lowest BCUT2D eigenvalue weighted by molar-refractivity contribution is -0.119. The molecule has 3 rings (SSSR count). The first-order valence-electron chi connectivity index (χ1n) is 7.95. The second-order valence-electron chi connectivity index (χ2n) is 5.66. The zero-order chi connectivity index (χ0) is 18.5. The Morgan fingerprint density at radius 2 is 1.73 bits per heavy atom. The van der Waals surface area contributed by atoms with Crippen LogP contribution in [-0.2, 0) is 16.0 Å². The Morgan fingerprint density at radius 3 is 2.54 bits per heavy atom. The summed E-state index contributed by atoms with van der Waals surface area (Å²) >= 11 is 1.18. The number of thiophene rings is 1. The van der Waals surface area contributed by atoms with Crippen molar-refractivity contribution in [3.8, 4) is 0 Å². The van der Waals surface area contributed by atoms with E-state index >= 15 is 0 Å². The Bertz CT molecular complexity index is 976. The van der Waals surface area contributed by atoms with Gasteiger partial charge in [0.15, 0.2) is 0 Å². The minimum absolute atomic E-state index is 0.198. The van der Waals surface area contributed by atoms with E-state index < -0.39 is 5.91 Å². The zero-order valence-corrected chi connectivity index (χ0v) is 14.9. The highest BCUT2D eigenvalue weighted by Gasteiger charge is 2.16. The molecule has 0 saturated carbocycles. The van der Waals surface area contributed by atoms with Crippen LogP contribution in [-0.4, -0.2) is 17.7 Å². The molecular weight excluding hydrogens is 350 g/mol. The quantitative estimate of drug-likeness (QED) is 0.620. The van der Waals surface area contributed by atoms with E-state index in [1.807, 2.05) is 42.5 Å². The highest BCUT2D eigenvalue weighted by molar-refractivity contribution is 7.12. The molecule has 0 spiro atoms. The molecule has 3 N–H and O–H groups in total. The van der Waals surface area contributed by atoms with E-state index in [2.05, 4.69) is 16.2 Å². The summed E-state index contributed by atoms with van der Waals surface area (Å²) in [6.07, 6.45) is 0.198. The van der Waals surface area contributed by atoms with Gasteiger partial charge in [0.1, 0.15) is 4.88 Å². The molecule has 3 amide bonds. The van der Waals surface area contributed by atoms with E-state index in [4.69, 9.17) is 0 Å². The number of hydrogen-bond donors (Lipinski definition) is 3. The molecule has 1 aromatic heterocycles. The van der Waals surface area contributed by atoms with E-state index in [1.54, 1.807) is 11.4 Å². The first-order chi connectivity index (χ1) is 12.5. The smallest absolute Gasteiger partial charge is 0.281 e. The van der Waals surface area contributed by atoms with Gasteiger partial charge in [-0.05, 0) is 27.8 Å². The number of carbonyl (C=O) groups is 3. The van der Waals surface area contributed by atoms with Crippen LogP contribution in [0.4, 0.5) is 5.69 Å². The van der Waals surface area contributed by atoms with E-state index in [1.165, 1.54) is 18.3 Å². The van der Waals surface area contributed by atoms with E-state index in [9.17, 15) is 14.4 Å². The zero-order valence-electron chi connectivity index (χ0n) is 14.0. The second kappa shape index (κ2) is 7.79. The third-order valence-electron chi connectivity index (χ3n) is 3.73. The fourth-order valence-corrected chi connectivity index (χ4v) is 3.34. The number of benzene rings is 2. The minimum Gasteiger partial charge on any atom is -0.324 e. The molecule has 26 heavy (non-hydrogen) atoms. The van der Waals surface area contributed by atoms with Gasteiger partial charge in [0, 0.05) is 6.92 Å². The first kappa shape index (κ1) is 17.6. The predicted octanol–water partition coefficient (Wildman–Crippen LogP) is 2.86. The van der Waals surface area contributed by atoms with Gasteiger partial charge in [-0.2, -0.15) is 0 Å². The number of carbonyl (C=O) groups excluding carboxylic acids is 3. The van der Waals surface area contributed by atoms with E-state index in [0.29, 0.717) is 10.6 Å². The van der Waals surface area contributed by atoms with Crippen molar-refractivity contribution >= 4 is 45.5 Å². The van der Waals surface area contributed by atoms with Crippen molar-refractivity contribution in [3.63, 3.8) is 0 Å². The number of hydrogen-bond acceptors (Lipinski definition) is 4. The summed E-state index contributed by atoms with van der Waals surface area (Å²) in [6, 6.07) is 15.4. The van der Waals surface area contributed by atoms with Crippen LogP contribution in [0.1, 0.15) is 22.2 Å². The van der Waals surface area contributed by atoms with Crippen LogP contribution in [0, 0.1) is 0 Å². The van der Waals surface area contributed by atoms with Crippen LogP contribution in [0.25, 0.3) is 10.8 Å². The third kappa shape index (κ3) is 4.07. The standard InChI is InChI=1S/C19H17N3O3S/c1-12(23)21-22-19(25)18-16(9-10-26-18)20-17(24)11-14-7-4-6-13-5-2-3-8-15(13)14/h2-10H,11H2,1H3,(H,20,24)(H,21,23)(H,22,25). The molecule has 0 radical (unpaired) electrons. The largest absolute Gasteiger partial charge is 0.324 e. The summed E-state index contributed by atoms with van der Waals surface area (Å²) in [6.45, 7) is 1.29. The lowest BCUT2D eigenvalue weighted by atomic mass is 10.0. The Labute approximate surface area is 154 Å². The molecule has 0 saturated heterocycles. The fraction of sp³-hybridized carbons (Fsp3) is 0.105. The summed E-state index contributed by atoms with van der Waals surface area (Å²) in [4.78, 5) is 35.8. The number of hydrazine groups is 1. The first-order valence-corrected chi connectivity index (χ1v) is 8.83. The number of anilines is 1. The van der Waals surface area contributed by atoms with Gasteiger partial charge in [-0.1, -0.05) is 42.5 Å². The van der Waals surface area contributed by atoms with Crippen LogP contribution in [0.15, 0.2) is 53.9 Å². The summed E-state index contributed by atoms with van der Waals surface area (Å²) in [5.74, 6) is -1.07. The number of nitrogens with one attached hydrogen (secondary N) is 3. The third-order valence-corrected chi connectivity index (χ3v) is 4.64. The molecule has 7 heteroatoms. The highest BCUT2D eigenvalue weighted by Crippen LogP contribution is 2.23. The van der Waals surface area contributed by atoms with Crippen LogP contribution in [0.5, 0.6) is 0 Å². The molecule has 2 aromatic carbocycles. The Kier molecular flexibility index (Phi) is 5.28. The van der Waals surface area contributed by atoms with Gasteiger partial charge in [-0.25, -0.2) is 0 Å². The Morgan fingerprint density at radius 1 is 0.962 bits per heavy atom. The summed E-state index contributed by atoms with van der Waals surface area (Å²) < 4.78 is 0.